The van der Waals surface area contributed by atoms with E-state index in [1.165, 1.54) is 15.9 Å². The minimum atomic E-state index is -0.171. The van der Waals surface area contributed by atoms with Gasteiger partial charge in [-0.25, -0.2) is 0 Å². The van der Waals surface area contributed by atoms with Gasteiger partial charge in [0.15, 0.2) is 5.82 Å². The molecule has 0 spiro atoms. The van der Waals surface area contributed by atoms with Crippen molar-refractivity contribution in [2.45, 2.75) is 0 Å². The fourth-order valence-corrected chi connectivity index (χ4v) is 3.82. The van der Waals surface area contributed by atoms with E-state index in [-0.39, 0.29) is 5.56 Å². The molecule has 0 aliphatic carbocycles. The Labute approximate surface area is 137 Å². The van der Waals surface area contributed by atoms with Crippen LogP contribution >= 0.6 is 34.3 Å². The second-order valence-electron chi connectivity index (χ2n) is 4.54. The summed E-state index contributed by atoms with van der Waals surface area (Å²) in [6, 6.07) is 11.3. The van der Waals surface area contributed by atoms with Crippen molar-refractivity contribution in [3.8, 4) is 10.7 Å². The normalized spacial score (nSPS) is 12.3. The highest BCUT2D eigenvalue weighted by atomic mass is 35.5. The predicted molar refractivity (Wildman–Crippen MR) is 90.7 cm³/mol. The van der Waals surface area contributed by atoms with E-state index in [9.17, 15) is 4.79 Å². The van der Waals surface area contributed by atoms with Crippen LogP contribution in [0.15, 0.2) is 46.6 Å². The van der Waals surface area contributed by atoms with E-state index in [1.54, 1.807) is 23.5 Å². The quantitative estimate of drug-likeness (QED) is 0.561. The summed E-state index contributed by atoms with van der Waals surface area (Å²) < 4.78 is 1.92. The molecule has 0 unspecified atom stereocenters. The number of thiophene rings is 1. The van der Waals surface area contributed by atoms with Crippen LogP contribution in [-0.4, -0.2) is 14.6 Å². The number of nitrogens with zero attached hydrogens (tertiary/aromatic N) is 3. The van der Waals surface area contributed by atoms with E-state index >= 15 is 0 Å². The third-order valence-corrected chi connectivity index (χ3v) is 5.28. The van der Waals surface area contributed by atoms with Crippen LogP contribution in [0, 0.1) is 0 Å². The SMILES string of the molecule is O=c1/c(=C\c2ccccc2Cl)sc2nc(-c3cccs3)nn12. The van der Waals surface area contributed by atoms with Gasteiger partial charge in [0, 0.05) is 5.02 Å². The molecule has 0 amide bonds. The molecular weight excluding hydrogens is 338 g/mol. The first kappa shape index (κ1) is 13.6. The topological polar surface area (TPSA) is 47.3 Å². The smallest absolute Gasteiger partial charge is 0.266 e. The fraction of sp³-hybridized carbons (Fsp3) is 0. The predicted octanol–water partition coefficient (Wildman–Crippen LogP) is 3.08. The van der Waals surface area contributed by atoms with Crippen LogP contribution in [-0.2, 0) is 0 Å². The maximum absolute atomic E-state index is 12.4. The highest BCUT2D eigenvalue weighted by Crippen LogP contribution is 2.21. The van der Waals surface area contributed by atoms with Crippen LogP contribution in [0.1, 0.15) is 5.56 Å². The van der Waals surface area contributed by atoms with Crippen molar-refractivity contribution in [1.82, 2.24) is 14.6 Å². The van der Waals surface area contributed by atoms with E-state index in [0.29, 0.717) is 20.3 Å². The zero-order valence-electron chi connectivity index (χ0n) is 11.1. The summed E-state index contributed by atoms with van der Waals surface area (Å²) in [7, 11) is 0. The minimum absolute atomic E-state index is 0.171. The Hall–Kier alpha value is -2.02. The number of fused-ring (bicyclic) bond motifs is 1. The number of hydrogen-bond donors (Lipinski definition) is 0. The van der Waals surface area contributed by atoms with Gasteiger partial charge in [0.2, 0.25) is 4.96 Å². The number of halogens is 1. The summed E-state index contributed by atoms with van der Waals surface area (Å²) in [5.74, 6) is 0.586. The van der Waals surface area contributed by atoms with E-state index < -0.39 is 0 Å². The van der Waals surface area contributed by atoms with Crippen molar-refractivity contribution in [3.05, 3.63) is 67.3 Å². The van der Waals surface area contributed by atoms with Gasteiger partial charge in [0.1, 0.15) is 0 Å². The van der Waals surface area contributed by atoms with Crippen LogP contribution in [0.2, 0.25) is 5.02 Å². The van der Waals surface area contributed by atoms with Gasteiger partial charge in [-0.3, -0.25) is 4.79 Å². The Morgan fingerprint density at radius 1 is 1.18 bits per heavy atom. The van der Waals surface area contributed by atoms with Crippen molar-refractivity contribution < 1.29 is 0 Å². The molecule has 3 heterocycles. The summed E-state index contributed by atoms with van der Waals surface area (Å²) in [5, 5.41) is 6.87. The van der Waals surface area contributed by atoms with Crippen LogP contribution in [0.25, 0.3) is 21.7 Å². The Balaban J connectivity index is 1.88. The molecule has 108 valence electrons. The molecule has 0 N–H and O–H groups in total. The second-order valence-corrected chi connectivity index (χ2v) is 6.91. The maximum Gasteiger partial charge on any atom is 0.291 e. The molecule has 4 rings (SSSR count). The molecule has 7 heteroatoms. The van der Waals surface area contributed by atoms with Crippen molar-refractivity contribution in [3.63, 3.8) is 0 Å². The maximum atomic E-state index is 12.4. The largest absolute Gasteiger partial charge is 0.291 e. The van der Waals surface area contributed by atoms with Crippen molar-refractivity contribution in [2.75, 3.05) is 0 Å². The summed E-state index contributed by atoms with van der Waals surface area (Å²) in [4.78, 5) is 18.4. The van der Waals surface area contributed by atoms with Gasteiger partial charge in [-0.15, -0.1) is 16.4 Å². The van der Waals surface area contributed by atoms with Gasteiger partial charge < -0.3 is 0 Å². The molecule has 4 aromatic rings. The van der Waals surface area contributed by atoms with Crippen LogP contribution in [0.3, 0.4) is 0 Å². The molecule has 0 atom stereocenters. The number of aromatic nitrogens is 3. The Bertz CT molecular complexity index is 1070. The lowest BCUT2D eigenvalue weighted by atomic mass is 10.2. The third kappa shape index (κ3) is 2.25. The summed E-state index contributed by atoms with van der Waals surface area (Å²) in [6.07, 6.45) is 1.77. The minimum Gasteiger partial charge on any atom is -0.266 e. The van der Waals surface area contributed by atoms with Crippen LogP contribution in [0.5, 0.6) is 0 Å². The van der Waals surface area contributed by atoms with Gasteiger partial charge >= 0.3 is 0 Å². The first-order valence-corrected chi connectivity index (χ1v) is 8.49. The zero-order chi connectivity index (χ0) is 15.1. The molecule has 1 aromatic carbocycles. The van der Waals surface area contributed by atoms with Crippen LogP contribution < -0.4 is 10.1 Å². The van der Waals surface area contributed by atoms with E-state index in [1.807, 2.05) is 35.7 Å². The van der Waals surface area contributed by atoms with Crippen molar-refractivity contribution in [1.29, 1.82) is 0 Å². The average molecular weight is 346 g/mol. The van der Waals surface area contributed by atoms with Gasteiger partial charge in [0.05, 0.1) is 9.41 Å². The summed E-state index contributed by atoms with van der Waals surface area (Å²) >= 11 is 8.99. The Kier molecular flexibility index (Phi) is 3.29. The van der Waals surface area contributed by atoms with E-state index in [4.69, 9.17) is 11.6 Å². The summed E-state index contributed by atoms with van der Waals surface area (Å²) in [6.45, 7) is 0. The molecule has 22 heavy (non-hydrogen) atoms. The van der Waals surface area contributed by atoms with Crippen LogP contribution in [0.4, 0.5) is 0 Å². The fourth-order valence-electron chi connectivity index (χ4n) is 2.08. The molecule has 0 aliphatic rings. The Morgan fingerprint density at radius 3 is 2.77 bits per heavy atom. The first-order chi connectivity index (χ1) is 10.7. The average Bonchev–Trinajstić information content (AvgIpc) is 3.20. The lowest BCUT2D eigenvalue weighted by Crippen LogP contribution is -2.23. The highest BCUT2D eigenvalue weighted by Gasteiger charge is 2.12. The number of rotatable bonds is 2. The number of thiazole rings is 1. The third-order valence-electron chi connectivity index (χ3n) is 3.12. The number of benzene rings is 1. The van der Waals surface area contributed by atoms with Gasteiger partial charge in [0.25, 0.3) is 5.56 Å². The molecule has 0 bridgehead atoms. The van der Waals surface area contributed by atoms with Crippen molar-refractivity contribution in [2.24, 2.45) is 0 Å². The second kappa shape index (κ2) is 5.31. The molecule has 0 saturated carbocycles. The Morgan fingerprint density at radius 2 is 2.05 bits per heavy atom. The molecule has 0 saturated heterocycles. The number of hydrogen-bond acceptors (Lipinski definition) is 5. The lowest BCUT2D eigenvalue weighted by molar-refractivity contribution is 0.938. The first-order valence-electron chi connectivity index (χ1n) is 6.42. The summed E-state index contributed by atoms with van der Waals surface area (Å²) in [5.41, 5.74) is 0.638. The molecule has 3 aromatic heterocycles. The standard InChI is InChI=1S/C15H8ClN3OS2/c16-10-5-2-1-4-9(10)8-12-14(20)19-15(22-12)17-13(18-19)11-6-3-7-21-11/h1-8H/b12-8+. The molecule has 0 aliphatic heterocycles. The molecule has 0 radical (unpaired) electrons. The van der Waals surface area contributed by atoms with E-state index in [2.05, 4.69) is 10.1 Å². The molecular formula is C15H8ClN3OS2. The highest BCUT2D eigenvalue weighted by molar-refractivity contribution is 7.15. The molecule has 0 fully saturated rings. The van der Waals surface area contributed by atoms with Gasteiger partial charge in [-0.2, -0.15) is 9.50 Å². The zero-order valence-corrected chi connectivity index (χ0v) is 13.5. The monoisotopic (exact) mass is 345 g/mol. The van der Waals surface area contributed by atoms with Gasteiger partial charge in [-0.05, 0) is 29.2 Å². The van der Waals surface area contributed by atoms with E-state index in [0.717, 1.165) is 10.4 Å². The lowest BCUT2D eigenvalue weighted by Gasteiger charge is -1.94. The van der Waals surface area contributed by atoms with Gasteiger partial charge in [-0.1, -0.05) is 47.2 Å². The van der Waals surface area contributed by atoms with Crippen molar-refractivity contribution >= 4 is 45.3 Å². The molecule has 4 nitrogen and oxygen atoms in total.